The number of carboxylic acids is 1. The lowest BCUT2D eigenvalue weighted by molar-refractivity contribution is -0.136. The van der Waals surface area contributed by atoms with E-state index in [9.17, 15) is 9.90 Å². The Bertz CT molecular complexity index is 1610. The van der Waals surface area contributed by atoms with Gasteiger partial charge in [0.15, 0.2) is 0 Å². The molecule has 4 aromatic carbocycles. The largest absolute Gasteiger partial charge is 0.497 e. The molecule has 0 saturated carbocycles. The van der Waals surface area contributed by atoms with Gasteiger partial charge in [-0.1, -0.05) is 48.5 Å². The van der Waals surface area contributed by atoms with Gasteiger partial charge in [0.05, 0.1) is 18.1 Å². The Hall–Kier alpha value is -4.98. The van der Waals surface area contributed by atoms with Gasteiger partial charge in [0.2, 0.25) is 0 Å². The Kier molecular flexibility index (Phi) is 8.69. The molecule has 0 bridgehead atoms. The van der Waals surface area contributed by atoms with Crippen molar-refractivity contribution in [3.05, 3.63) is 114 Å². The van der Waals surface area contributed by atoms with Crippen molar-refractivity contribution < 1.29 is 28.8 Å². The Morgan fingerprint density at radius 3 is 2.22 bits per heavy atom. The number of imidazole rings is 1. The van der Waals surface area contributed by atoms with Crippen LogP contribution in [0.3, 0.4) is 0 Å². The van der Waals surface area contributed by atoms with Crippen LogP contribution in [0.25, 0.3) is 11.0 Å². The highest BCUT2D eigenvalue weighted by molar-refractivity contribution is 5.77. The quantitative estimate of drug-likeness (QED) is 0.182. The number of aryl methyl sites for hydroxylation is 2. The van der Waals surface area contributed by atoms with Crippen LogP contribution in [0.2, 0.25) is 0 Å². The van der Waals surface area contributed by atoms with E-state index in [1.54, 1.807) is 13.2 Å². The maximum atomic E-state index is 11.2. The van der Waals surface area contributed by atoms with Gasteiger partial charge in [-0.25, -0.2) is 4.98 Å². The SMILES string of the molecule is COc1ccc2nc(COc3ccc(CCC(=O)O)c(OCc4ccc(OCc5ccccc5)cc4)c3)n(C)c2c1. The zero-order valence-electron chi connectivity index (χ0n) is 23.1. The molecule has 0 aliphatic rings. The van der Waals surface area contributed by atoms with Crippen molar-refractivity contribution in [2.24, 2.45) is 7.05 Å². The van der Waals surface area contributed by atoms with Crippen molar-refractivity contribution in [3.63, 3.8) is 0 Å². The molecule has 0 spiro atoms. The number of fused-ring (bicyclic) bond motifs is 1. The van der Waals surface area contributed by atoms with Crippen molar-refractivity contribution in [2.45, 2.75) is 32.7 Å². The van der Waals surface area contributed by atoms with Crippen LogP contribution in [0.5, 0.6) is 23.0 Å². The molecule has 0 unspecified atom stereocenters. The third-order valence-electron chi connectivity index (χ3n) is 6.76. The summed E-state index contributed by atoms with van der Waals surface area (Å²) >= 11 is 0. The minimum Gasteiger partial charge on any atom is -0.497 e. The molecule has 41 heavy (non-hydrogen) atoms. The summed E-state index contributed by atoms with van der Waals surface area (Å²) in [7, 11) is 3.58. The molecule has 0 saturated heterocycles. The molecule has 0 aliphatic carbocycles. The molecular weight excluding hydrogens is 520 g/mol. The molecule has 0 atom stereocenters. The van der Waals surface area contributed by atoms with Crippen LogP contribution in [-0.4, -0.2) is 27.7 Å². The first kappa shape index (κ1) is 27.6. The van der Waals surface area contributed by atoms with E-state index in [-0.39, 0.29) is 13.0 Å². The van der Waals surface area contributed by atoms with E-state index in [4.69, 9.17) is 18.9 Å². The fraction of sp³-hybridized carbons (Fsp3) is 0.212. The van der Waals surface area contributed by atoms with Crippen LogP contribution in [0.15, 0.2) is 91.0 Å². The molecule has 0 radical (unpaired) electrons. The lowest BCUT2D eigenvalue weighted by Crippen LogP contribution is -2.05. The van der Waals surface area contributed by atoms with Gasteiger partial charge in [-0.3, -0.25) is 4.79 Å². The average molecular weight is 553 g/mol. The fourth-order valence-electron chi connectivity index (χ4n) is 4.41. The summed E-state index contributed by atoms with van der Waals surface area (Å²) in [5.41, 5.74) is 4.68. The summed E-state index contributed by atoms with van der Waals surface area (Å²) in [6, 6.07) is 29.0. The number of aliphatic carboxylic acids is 1. The number of methoxy groups -OCH3 is 1. The van der Waals surface area contributed by atoms with Gasteiger partial charge in [0, 0.05) is 25.6 Å². The van der Waals surface area contributed by atoms with E-state index in [2.05, 4.69) is 4.98 Å². The summed E-state index contributed by atoms with van der Waals surface area (Å²) in [5.74, 6) is 2.63. The number of aromatic nitrogens is 2. The first-order valence-corrected chi connectivity index (χ1v) is 13.3. The van der Waals surface area contributed by atoms with Crippen LogP contribution < -0.4 is 18.9 Å². The molecule has 5 rings (SSSR count). The van der Waals surface area contributed by atoms with Crippen molar-refractivity contribution in [1.82, 2.24) is 9.55 Å². The smallest absolute Gasteiger partial charge is 0.303 e. The Balaban J connectivity index is 1.25. The predicted octanol–water partition coefficient (Wildman–Crippen LogP) is 6.34. The lowest BCUT2D eigenvalue weighted by Gasteiger charge is -2.14. The number of hydrogen-bond donors (Lipinski definition) is 1. The summed E-state index contributed by atoms with van der Waals surface area (Å²) < 4.78 is 25.4. The van der Waals surface area contributed by atoms with E-state index < -0.39 is 5.97 Å². The molecule has 1 heterocycles. The van der Waals surface area contributed by atoms with Gasteiger partial charge >= 0.3 is 5.97 Å². The van der Waals surface area contributed by atoms with Gasteiger partial charge in [-0.05, 0) is 53.4 Å². The minimum absolute atomic E-state index is 0.00728. The van der Waals surface area contributed by atoms with Gasteiger partial charge < -0.3 is 28.6 Å². The number of carbonyl (C=O) groups is 1. The number of benzene rings is 4. The van der Waals surface area contributed by atoms with Crippen LogP contribution in [0, 0.1) is 0 Å². The Morgan fingerprint density at radius 2 is 1.46 bits per heavy atom. The maximum absolute atomic E-state index is 11.2. The first-order valence-electron chi connectivity index (χ1n) is 13.3. The maximum Gasteiger partial charge on any atom is 0.303 e. The molecule has 5 aromatic rings. The van der Waals surface area contributed by atoms with Crippen molar-refractivity contribution in [3.8, 4) is 23.0 Å². The van der Waals surface area contributed by atoms with Gasteiger partial charge in [0.25, 0.3) is 0 Å². The number of carboxylic acid groups (broad SMARTS) is 1. The zero-order chi connectivity index (χ0) is 28.6. The minimum atomic E-state index is -0.860. The second-order valence-corrected chi connectivity index (χ2v) is 9.60. The Morgan fingerprint density at radius 1 is 0.780 bits per heavy atom. The Labute approximate surface area is 238 Å². The van der Waals surface area contributed by atoms with E-state index in [0.29, 0.717) is 31.1 Å². The molecule has 0 amide bonds. The highest BCUT2D eigenvalue weighted by Crippen LogP contribution is 2.29. The molecule has 8 heteroatoms. The summed E-state index contributed by atoms with van der Waals surface area (Å²) in [6.07, 6.45) is 0.358. The monoisotopic (exact) mass is 552 g/mol. The van der Waals surface area contributed by atoms with Gasteiger partial charge in [-0.2, -0.15) is 0 Å². The van der Waals surface area contributed by atoms with Crippen molar-refractivity contribution in [2.75, 3.05) is 7.11 Å². The predicted molar refractivity (Wildman–Crippen MR) is 156 cm³/mol. The second kappa shape index (κ2) is 12.9. The summed E-state index contributed by atoms with van der Waals surface area (Å²) in [6.45, 7) is 1.07. The van der Waals surface area contributed by atoms with E-state index in [1.165, 1.54) is 0 Å². The molecule has 210 valence electrons. The number of nitrogens with zero attached hydrogens (tertiary/aromatic N) is 2. The zero-order valence-corrected chi connectivity index (χ0v) is 23.1. The highest BCUT2D eigenvalue weighted by Gasteiger charge is 2.12. The van der Waals surface area contributed by atoms with Gasteiger partial charge in [-0.15, -0.1) is 0 Å². The third kappa shape index (κ3) is 7.16. The number of ether oxygens (including phenoxy) is 4. The molecule has 1 N–H and O–H groups in total. The normalized spacial score (nSPS) is 10.9. The van der Waals surface area contributed by atoms with Crippen LogP contribution in [0.1, 0.15) is 28.9 Å². The lowest BCUT2D eigenvalue weighted by atomic mass is 10.1. The summed E-state index contributed by atoms with van der Waals surface area (Å²) in [5, 5.41) is 9.21. The topological polar surface area (TPSA) is 92.0 Å². The molecule has 1 aromatic heterocycles. The fourth-order valence-corrected chi connectivity index (χ4v) is 4.41. The molecule has 0 aliphatic heterocycles. The van der Waals surface area contributed by atoms with E-state index in [0.717, 1.165) is 45.0 Å². The average Bonchev–Trinajstić information content (AvgIpc) is 3.32. The number of hydrogen-bond acceptors (Lipinski definition) is 6. The summed E-state index contributed by atoms with van der Waals surface area (Å²) in [4.78, 5) is 15.9. The van der Waals surface area contributed by atoms with E-state index >= 15 is 0 Å². The highest BCUT2D eigenvalue weighted by atomic mass is 16.5. The van der Waals surface area contributed by atoms with Crippen molar-refractivity contribution in [1.29, 1.82) is 0 Å². The standard InChI is InChI=1S/C33H32N2O6/c1-35-30-18-27(38-2)15-16-29(30)34-32(35)22-40-28-14-10-25(11-17-33(36)37)31(19-28)41-21-24-8-12-26(13-9-24)39-20-23-6-4-3-5-7-23/h3-10,12-16,18-19H,11,17,20-22H2,1-2H3,(H,36,37). The van der Waals surface area contributed by atoms with Crippen LogP contribution in [0.4, 0.5) is 0 Å². The third-order valence-corrected chi connectivity index (χ3v) is 6.76. The number of rotatable bonds is 13. The van der Waals surface area contributed by atoms with E-state index in [1.807, 2.05) is 96.5 Å². The first-order chi connectivity index (χ1) is 20.0. The van der Waals surface area contributed by atoms with Crippen molar-refractivity contribution >= 4 is 17.0 Å². The molecule has 8 nitrogen and oxygen atoms in total. The van der Waals surface area contributed by atoms with Gasteiger partial charge in [0.1, 0.15) is 48.6 Å². The second-order valence-electron chi connectivity index (χ2n) is 9.60. The van der Waals surface area contributed by atoms with Crippen LogP contribution in [-0.2, 0) is 38.1 Å². The van der Waals surface area contributed by atoms with Crippen LogP contribution >= 0.6 is 0 Å². The molecular formula is C33H32N2O6. The molecule has 0 fully saturated rings.